The molecule has 1 saturated heterocycles. The first-order valence-electron chi connectivity index (χ1n) is 9.77. The van der Waals surface area contributed by atoms with Crippen LogP contribution in [0.3, 0.4) is 0 Å². The van der Waals surface area contributed by atoms with Gasteiger partial charge in [-0.05, 0) is 26.0 Å². The van der Waals surface area contributed by atoms with E-state index in [0.717, 1.165) is 22.2 Å². The number of aromatic nitrogens is 2. The topological polar surface area (TPSA) is 100 Å². The van der Waals surface area contributed by atoms with Crippen molar-refractivity contribution in [3.05, 3.63) is 42.1 Å². The second kappa shape index (κ2) is 8.27. The van der Waals surface area contributed by atoms with E-state index in [1.165, 1.54) is 4.31 Å². The number of sulfonamides is 1. The third kappa shape index (κ3) is 4.53. The molecular weight excluding hydrogens is 392 g/mol. The van der Waals surface area contributed by atoms with Gasteiger partial charge in [-0.1, -0.05) is 18.2 Å². The summed E-state index contributed by atoms with van der Waals surface area (Å²) in [5, 5.41) is 11.3. The number of hydrogen-bond donors (Lipinski definition) is 2. The van der Waals surface area contributed by atoms with Gasteiger partial charge in [0.25, 0.3) is 0 Å². The van der Waals surface area contributed by atoms with Crippen molar-refractivity contribution in [1.82, 2.24) is 19.8 Å². The first-order chi connectivity index (χ1) is 13.9. The van der Waals surface area contributed by atoms with Gasteiger partial charge in [0.1, 0.15) is 11.3 Å². The predicted octanol–water partition coefficient (Wildman–Crippen LogP) is 2.35. The van der Waals surface area contributed by atoms with Gasteiger partial charge in [-0.2, -0.15) is 9.40 Å². The molecule has 29 heavy (non-hydrogen) atoms. The third-order valence-corrected chi connectivity index (χ3v) is 6.83. The van der Waals surface area contributed by atoms with E-state index in [4.69, 9.17) is 9.15 Å². The minimum Gasteiger partial charge on any atom is -0.454 e. The van der Waals surface area contributed by atoms with E-state index in [0.29, 0.717) is 31.9 Å². The van der Waals surface area contributed by atoms with Crippen LogP contribution in [0.1, 0.15) is 19.4 Å². The Kier molecular flexibility index (Phi) is 5.73. The molecule has 3 heterocycles. The van der Waals surface area contributed by atoms with Crippen molar-refractivity contribution in [2.45, 2.75) is 32.6 Å². The summed E-state index contributed by atoms with van der Waals surface area (Å²) in [6.45, 7) is 5.46. The van der Waals surface area contributed by atoms with E-state index in [1.807, 2.05) is 44.2 Å². The number of morpholine rings is 1. The van der Waals surface area contributed by atoms with Crippen molar-refractivity contribution in [1.29, 1.82) is 0 Å². The molecule has 156 valence electrons. The van der Waals surface area contributed by atoms with Gasteiger partial charge in [0.2, 0.25) is 10.0 Å². The lowest BCUT2D eigenvalue weighted by Gasteiger charge is -2.34. The van der Waals surface area contributed by atoms with Gasteiger partial charge >= 0.3 is 0 Å². The van der Waals surface area contributed by atoms with E-state index in [-0.39, 0.29) is 18.0 Å². The Morgan fingerprint density at radius 3 is 2.76 bits per heavy atom. The zero-order valence-corrected chi connectivity index (χ0v) is 17.4. The molecule has 3 aromatic rings. The molecule has 1 fully saturated rings. The highest BCUT2D eigenvalue weighted by molar-refractivity contribution is 7.89. The number of hydrogen-bond acceptors (Lipinski definition) is 6. The van der Waals surface area contributed by atoms with E-state index in [9.17, 15) is 8.42 Å². The van der Waals surface area contributed by atoms with Crippen LogP contribution in [0.4, 0.5) is 0 Å². The molecule has 2 atom stereocenters. The molecule has 1 aromatic carbocycles. The summed E-state index contributed by atoms with van der Waals surface area (Å²) in [4.78, 5) is 0. The molecular formula is C20H26N4O4S. The van der Waals surface area contributed by atoms with Crippen molar-refractivity contribution in [2.24, 2.45) is 0 Å². The van der Waals surface area contributed by atoms with Gasteiger partial charge in [0.15, 0.2) is 5.76 Å². The van der Waals surface area contributed by atoms with Gasteiger partial charge in [0, 0.05) is 37.1 Å². The zero-order valence-electron chi connectivity index (χ0n) is 16.6. The van der Waals surface area contributed by atoms with Gasteiger partial charge in [-0.3, -0.25) is 5.10 Å². The van der Waals surface area contributed by atoms with E-state index in [1.54, 1.807) is 6.20 Å². The van der Waals surface area contributed by atoms with Crippen LogP contribution < -0.4 is 5.32 Å². The fourth-order valence-corrected chi connectivity index (χ4v) is 5.21. The number of nitrogens with one attached hydrogen (secondary N) is 2. The van der Waals surface area contributed by atoms with Crippen molar-refractivity contribution in [3.8, 4) is 11.5 Å². The zero-order chi connectivity index (χ0) is 20.4. The molecule has 1 aliphatic heterocycles. The van der Waals surface area contributed by atoms with Crippen molar-refractivity contribution in [2.75, 3.05) is 25.4 Å². The summed E-state index contributed by atoms with van der Waals surface area (Å²) in [7, 11) is -3.32. The fraction of sp³-hybridized carbons (Fsp3) is 0.450. The van der Waals surface area contributed by atoms with Gasteiger partial charge in [-0.25, -0.2) is 8.42 Å². The number of furan rings is 1. The molecule has 0 amide bonds. The number of para-hydroxylation sites is 1. The summed E-state index contributed by atoms with van der Waals surface area (Å²) in [5.74, 6) is 0.758. The Labute approximate surface area is 170 Å². The fourth-order valence-electron chi connectivity index (χ4n) is 3.67. The van der Waals surface area contributed by atoms with Crippen molar-refractivity contribution in [3.63, 3.8) is 0 Å². The van der Waals surface area contributed by atoms with Crippen molar-refractivity contribution < 1.29 is 17.6 Å². The maximum absolute atomic E-state index is 12.6. The number of rotatable bonds is 7. The molecule has 2 unspecified atom stereocenters. The van der Waals surface area contributed by atoms with Crippen LogP contribution in [0.25, 0.3) is 22.4 Å². The van der Waals surface area contributed by atoms with Crippen LogP contribution in [0.2, 0.25) is 0 Å². The summed E-state index contributed by atoms with van der Waals surface area (Å²) in [6, 6.07) is 9.78. The standard InChI is InChI=1S/C20H26N4O4S/c1-14-12-24(13-15(2)27-14)29(25,26)8-7-21-10-17-11-22-23-20(17)19-9-16-5-3-4-6-18(16)28-19/h3-6,9,11,14-15,21H,7-8,10,12-13H2,1-2H3,(H,22,23). The Hall–Kier alpha value is -2.20. The maximum Gasteiger partial charge on any atom is 0.215 e. The van der Waals surface area contributed by atoms with Crippen LogP contribution in [-0.2, 0) is 21.3 Å². The SMILES string of the molecule is CC1CN(S(=O)(=O)CCNCc2cn[nH]c2-c2cc3ccccc3o2)CC(C)O1. The molecule has 2 aromatic heterocycles. The molecule has 0 saturated carbocycles. The Bertz CT molecular complexity index is 1030. The lowest BCUT2D eigenvalue weighted by atomic mass is 10.2. The quantitative estimate of drug-likeness (QED) is 0.571. The molecule has 0 radical (unpaired) electrons. The molecule has 1 aliphatic rings. The lowest BCUT2D eigenvalue weighted by Crippen LogP contribution is -2.49. The highest BCUT2D eigenvalue weighted by atomic mass is 32.2. The lowest BCUT2D eigenvalue weighted by molar-refractivity contribution is -0.0440. The Balaban J connectivity index is 1.35. The van der Waals surface area contributed by atoms with Gasteiger partial charge in [0.05, 0.1) is 24.2 Å². The second-order valence-electron chi connectivity index (χ2n) is 7.49. The average molecular weight is 419 g/mol. The van der Waals surface area contributed by atoms with Crippen LogP contribution in [0, 0.1) is 0 Å². The Morgan fingerprint density at radius 2 is 2.00 bits per heavy atom. The van der Waals surface area contributed by atoms with E-state index < -0.39 is 10.0 Å². The number of fused-ring (bicyclic) bond motifs is 1. The highest BCUT2D eigenvalue weighted by Gasteiger charge is 2.30. The molecule has 8 nitrogen and oxygen atoms in total. The summed E-state index contributed by atoms with van der Waals surface area (Å²) >= 11 is 0. The van der Waals surface area contributed by atoms with Crippen LogP contribution in [-0.4, -0.2) is 60.5 Å². The summed E-state index contributed by atoms with van der Waals surface area (Å²) in [5.41, 5.74) is 2.54. The number of nitrogens with zero attached hydrogens (tertiary/aromatic N) is 2. The largest absolute Gasteiger partial charge is 0.454 e. The highest BCUT2D eigenvalue weighted by Crippen LogP contribution is 2.28. The minimum absolute atomic E-state index is 0.0459. The van der Waals surface area contributed by atoms with Crippen molar-refractivity contribution >= 4 is 21.0 Å². The van der Waals surface area contributed by atoms with Crippen LogP contribution in [0.15, 0.2) is 40.9 Å². The molecule has 0 aliphatic carbocycles. The molecule has 0 bridgehead atoms. The normalized spacial score (nSPS) is 21.0. The predicted molar refractivity (Wildman–Crippen MR) is 111 cm³/mol. The molecule has 4 rings (SSSR count). The summed E-state index contributed by atoms with van der Waals surface area (Å²) < 4.78 is 38.3. The Morgan fingerprint density at radius 1 is 1.24 bits per heavy atom. The minimum atomic E-state index is -3.32. The molecule has 2 N–H and O–H groups in total. The maximum atomic E-state index is 12.6. The number of H-pyrrole nitrogens is 1. The van der Waals surface area contributed by atoms with Gasteiger partial charge in [-0.15, -0.1) is 0 Å². The number of benzene rings is 1. The second-order valence-corrected chi connectivity index (χ2v) is 9.57. The molecule has 9 heteroatoms. The number of aromatic amines is 1. The van der Waals surface area contributed by atoms with Crippen LogP contribution >= 0.6 is 0 Å². The number of ether oxygens (including phenoxy) is 1. The van der Waals surface area contributed by atoms with Crippen LogP contribution in [0.5, 0.6) is 0 Å². The summed E-state index contributed by atoms with van der Waals surface area (Å²) in [6.07, 6.45) is 1.56. The van der Waals surface area contributed by atoms with E-state index >= 15 is 0 Å². The molecule has 0 spiro atoms. The first-order valence-corrected chi connectivity index (χ1v) is 11.4. The first kappa shape index (κ1) is 20.1. The van der Waals surface area contributed by atoms with Gasteiger partial charge < -0.3 is 14.5 Å². The van der Waals surface area contributed by atoms with E-state index in [2.05, 4.69) is 15.5 Å². The smallest absolute Gasteiger partial charge is 0.215 e. The average Bonchev–Trinajstić information content (AvgIpc) is 3.30. The monoisotopic (exact) mass is 418 g/mol. The third-order valence-electron chi connectivity index (χ3n) is 5.02.